The van der Waals surface area contributed by atoms with Crippen molar-refractivity contribution in [3.05, 3.63) is 0 Å². The minimum Gasteiger partial charge on any atom is -0.382 e. The summed E-state index contributed by atoms with van der Waals surface area (Å²) in [6.07, 6.45) is 3.70. The highest BCUT2D eigenvalue weighted by Gasteiger charge is 2.15. The fraction of sp³-hybridized carbons (Fsp3) is 0.938. The van der Waals surface area contributed by atoms with Gasteiger partial charge in [-0.1, -0.05) is 6.92 Å². The van der Waals surface area contributed by atoms with Gasteiger partial charge in [-0.2, -0.15) is 0 Å². The number of aliphatic imine (C=N–C) groups is 1. The van der Waals surface area contributed by atoms with Crippen molar-refractivity contribution in [2.75, 3.05) is 52.5 Å². The maximum Gasteiger partial charge on any atom is 0.191 e. The van der Waals surface area contributed by atoms with Gasteiger partial charge >= 0.3 is 0 Å². The van der Waals surface area contributed by atoms with E-state index in [0.717, 1.165) is 57.7 Å². The van der Waals surface area contributed by atoms with Crippen LogP contribution in [0.2, 0.25) is 0 Å². The molecule has 1 saturated heterocycles. The van der Waals surface area contributed by atoms with E-state index in [1.54, 1.807) is 0 Å². The van der Waals surface area contributed by atoms with Crippen LogP contribution in [0.25, 0.3) is 0 Å². The van der Waals surface area contributed by atoms with Gasteiger partial charge in [0.05, 0.1) is 0 Å². The molecule has 1 heterocycles. The number of likely N-dealkylation sites (tertiary alicyclic amines) is 1. The van der Waals surface area contributed by atoms with Crippen LogP contribution in [0.1, 0.15) is 40.0 Å². The first-order valence-corrected chi connectivity index (χ1v) is 8.58. The second kappa shape index (κ2) is 11.8. The van der Waals surface area contributed by atoms with E-state index in [0.29, 0.717) is 0 Å². The molecule has 0 aromatic heterocycles. The zero-order chi connectivity index (χ0) is 15.3. The van der Waals surface area contributed by atoms with Crippen molar-refractivity contribution in [2.24, 2.45) is 10.9 Å². The lowest BCUT2D eigenvalue weighted by Gasteiger charge is -2.30. The van der Waals surface area contributed by atoms with Crippen LogP contribution in [0, 0.1) is 5.92 Å². The van der Waals surface area contributed by atoms with Crippen LogP contribution in [0.4, 0.5) is 0 Å². The first-order chi connectivity index (χ1) is 10.3. The largest absolute Gasteiger partial charge is 0.382 e. The van der Waals surface area contributed by atoms with Crippen LogP contribution in [0.15, 0.2) is 4.99 Å². The summed E-state index contributed by atoms with van der Waals surface area (Å²) in [4.78, 5) is 7.13. The van der Waals surface area contributed by atoms with Crippen molar-refractivity contribution < 1.29 is 4.74 Å². The van der Waals surface area contributed by atoms with Crippen molar-refractivity contribution in [1.29, 1.82) is 0 Å². The minimum atomic E-state index is 0.788. The molecule has 0 radical (unpaired) electrons. The number of nitrogens with one attached hydrogen (secondary N) is 2. The van der Waals surface area contributed by atoms with Crippen molar-refractivity contribution in [2.45, 2.75) is 40.0 Å². The van der Waals surface area contributed by atoms with Crippen LogP contribution in [-0.2, 0) is 4.74 Å². The molecule has 0 amide bonds. The Morgan fingerprint density at radius 1 is 1.33 bits per heavy atom. The summed E-state index contributed by atoms with van der Waals surface area (Å²) in [7, 11) is 0. The molecule has 0 spiro atoms. The summed E-state index contributed by atoms with van der Waals surface area (Å²) in [6.45, 7) is 14.3. The third-order valence-corrected chi connectivity index (χ3v) is 3.73. The Bertz CT molecular complexity index is 283. The SMILES string of the molecule is CCNC(=NCCCOCC)NCCN1CCCC(C)C1. The molecule has 5 nitrogen and oxygen atoms in total. The molecule has 1 aliphatic rings. The van der Waals surface area contributed by atoms with Crippen molar-refractivity contribution in [3.8, 4) is 0 Å². The number of rotatable bonds is 9. The van der Waals surface area contributed by atoms with Gasteiger partial charge in [-0.15, -0.1) is 0 Å². The molecular weight excluding hydrogens is 264 g/mol. The second-order valence-electron chi connectivity index (χ2n) is 5.79. The monoisotopic (exact) mass is 298 g/mol. The predicted molar refractivity (Wildman–Crippen MR) is 89.9 cm³/mol. The fourth-order valence-electron chi connectivity index (χ4n) is 2.67. The fourth-order valence-corrected chi connectivity index (χ4v) is 2.67. The molecule has 5 heteroatoms. The molecular formula is C16H34N4O. The van der Waals surface area contributed by atoms with Crippen LogP contribution in [0.3, 0.4) is 0 Å². The van der Waals surface area contributed by atoms with Crippen molar-refractivity contribution in [1.82, 2.24) is 15.5 Å². The zero-order valence-corrected chi connectivity index (χ0v) is 14.2. The zero-order valence-electron chi connectivity index (χ0n) is 14.2. The minimum absolute atomic E-state index is 0.788. The number of hydrogen-bond donors (Lipinski definition) is 2. The van der Waals surface area contributed by atoms with Crippen LogP contribution in [-0.4, -0.2) is 63.3 Å². The lowest BCUT2D eigenvalue weighted by atomic mass is 10.0. The summed E-state index contributed by atoms with van der Waals surface area (Å²) in [5, 5.41) is 6.73. The number of piperidine rings is 1. The van der Waals surface area contributed by atoms with Crippen LogP contribution >= 0.6 is 0 Å². The maximum absolute atomic E-state index is 5.33. The van der Waals surface area contributed by atoms with Crippen molar-refractivity contribution >= 4 is 5.96 Å². The van der Waals surface area contributed by atoms with E-state index in [2.05, 4.69) is 34.4 Å². The quantitative estimate of drug-likeness (QED) is 0.386. The topological polar surface area (TPSA) is 48.9 Å². The first kappa shape index (κ1) is 18.2. The highest BCUT2D eigenvalue weighted by atomic mass is 16.5. The number of nitrogens with zero attached hydrogens (tertiary/aromatic N) is 2. The van der Waals surface area contributed by atoms with Crippen molar-refractivity contribution in [3.63, 3.8) is 0 Å². The summed E-state index contributed by atoms with van der Waals surface area (Å²) < 4.78 is 5.33. The van der Waals surface area contributed by atoms with Gasteiger partial charge in [0.2, 0.25) is 0 Å². The molecule has 21 heavy (non-hydrogen) atoms. The van der Waals surface area contributed by atoms with Gasteiger partial charge in [-0.25, -0.2) is 0 Å². The Morgan fingerprint density at radius 3 is 2.90 bits per heavy atom. The maximum atomic E-state index is 5.33. The highest BCUT2D eigenvalue weighted by molar-refractivity contribution is 5.79. The molecule has 1 fully saturated rings. The Hall–Kier alpha value is -0.810. The van der Waals surface area contributed by atoms with E-state index in [-0.39, 0.29) is 0 Å². The molecule has 0 saturated carbocycles. The van der Waals surface area contributed by atoms with Gasteiger partial charge in [-0.05, 0) is 45.6 Å². The van der Waals surface area contributed by atoms with E-state index in [9.17, 15) is 0 Å². The summed E-state index contributed by atoms with van der Waals surface area (Å²) in [6, 6.07) is 0. The lowest BCUT2D eigenvalue weighted by molar-refractivity contribution is 0.146. The van der Waals surface area contributed by atoms with Gasteiger partial charge in [0.15, 0.2) is 5.96 Å². The molecule has 1 unspecified atom stereocenters. The van der Waals surface area contributed by atoms with Gasteiger partial charge in [0, 0.05) is 45.9 Å². The van der Waals surface area contributed by atoms with Gasteiger partial charge < -0.3 is 20.3 Å². The van der Waals surface area contributed by atoms with E-state index in [1.807, 2.05) is 6.92 Å². The number of hydrogen-bond acceptors (Lipinski definition) is 3. The van der Waals surface area contributed by atoms with E-state index in [4.69, 9.17) is 4.74 Å². The number of guanidine groups is 1. The smallest absolute Gasteiger partial charge is 0.191 e. The molecule has 0 aromatic carbocycles. The third-order valence-electron chi connectivity index (χ3n) is 3.73. The second-order valence-corrected chi connectivity index (χ2v) is 5.79. The predicted octanol–water partition coefficient (Wildman–Crippen LogP) is 1.70. The number of ether oxygens (including phenoxy) is 1. The Labute approximate surface area is 130 Å². The molecule has 0 aromatic rings. The average molecular weight is 298 g/mol. The summed E-state index contributed by atoms with van der Waals surface area (Å²) >= 11 is 0. The summed E-state index contributed by atoms with van der Waals surface area (Å²) in [5.74, 6) is 1.78. The molecule has 1 rings (SSSR count). The van der Waals surface area contributed by atoms with Gasteiger partial charge in [-0.3, -0.25) is 4.99 Å². The standard InChI is InChI=1S/C16H34N4O/c1-4-17-16(18-9-7-13-21-5-2)19-10-12-20-11-6-8-15(3)14-20/h15H,4-14H2,1-3H3,(H2,17,18,19). The third kappa shape index (κ3) is 8.94. The van der Waals surface area contributed by atoms with Crippen LogP contribution in [0.5, 0.6) is 0 Å². The lowest BCUT2D eigenvalue weighted by Crippen LogP contribution is -2.43. The molecule has 124 valence electrons. The van der Waals surface area contributed by atoms with E-state index >= 15 is 0 Å². The Balaban J connectivity index is 2.18. The molecule has 1 aliphatic heterocycles. The van der Waals surface area contributed by atoms with Gasteiger partial charge in [0.1, 0.15) is 0 Å². The highest BCUT2D eigenvalue weighted by Crippen LogP contribution is 2.14. The Kier molecular flexibility index (Phi) is 10.3. The summed E-state index contributed by atoms with van der Waals surface area (Å²) in [5.41, 5.74) is 0. The molecule has 0 aliphatic carbocycles. The average Bonchev–Trinajstić information content (AvgIpc) is 2.47. The van der Waals surface area contributed by atoms with Crippen LogP contribution < -0.4 is 10.6 Å². The normalized spacial score (nSPS) is 20.5. The van der Waals surface area contributed by atoms with Gasteiger partial charge in [0.25, 0.3) is 0 Å². The van der Waals surface area contributed by atoms with E-state index < -0.39 is 0 Å². The Morgan fingerprint density at radius 2 is 2.19 bits per heavy atom. The molecule has 2 N–H and O–H groups in total. The van der Waals surface area contributed by atoms with E-state index in [1.165, 1.54) is 25.9 Å². The molecule has 0 bridgehead atoms. The molecule has 1 atom stereocenters. The first-order valence-electron chi connectivity index (χ1n) is 8.58.